The first kappa shape index (κ1) is 25.7. The highest BCUT2D eigenvalue weighted by Crippen LogP contribution is 2.37. The van der Waals surface area contributed by atoms with Crippen LogP contribution < -0.4 is 0 Å². The van der Waals surface area contributed by atoms with Gasteiger partial charge in [-0.2, -0.15) is 0 Å². The number of fused-ring (bicyclic) bond motifs is 2. The third-order valence-corrected chi connectivity index (χ3v) is 5.95. The Morgan fingerprint density at radius 1 is 0.824 bits per heavy atom. The van der Waals surface area contributed by atoms with Gasteiger partial charge in [-0.1, -0.05) is 90.1 Å². The quantitative estimate of drug-likeness (QED) is 0.335. The van der Waals surface area contributed by atoms with Crippen molar-refractivity contribution in [3.8, 4) is 0 Å². The zero-order valence-corrected chi connectivity index (χ0v) is 21.1. The maximum Gasteiger partial charge on any atom is 0.339 e. The molecule has 0 amide bonds. The third kappa shape index (κ3) is 6.35. The van der Waals surface area contributed by atoms with Gasteiger partial charge in [-0.15, -0.1) is 0 Å². The number of rotatable bonds is 7. The lowest BCUT2D eigenvalue weighted by atomic mass is 9.72. The van der Waals surface area contributed by atoms with Crippen LogP contribution >= 0.6 is 0 Å². The molecule has 0 fully saturated rings. The number of aliphatic hydroxyl groups excluding tert-OH is 1. The number of hydrogen-bond donors (Lipinski definition) is 1. The molecule has 2 unspecified atom stereocenters. The number of carbonyl (C=O) groups is 2. The van der Waals surface area contributed by atoms with E-state index in [0.717, 1.165) is 21.5 Å². The predicted octanol–water partition coefficient (Wildman–Crippen LogP) is 6.15. The van der Waals surface area contributed by atoms with Crippen molar-refractivity contribution in [1.29, 1.82) is 0 Å². The Balaban J connectivity index is 1.67. The summed E-state index contributed by atoms with van der Waals surface area (Å²) in [6, 6.07) is 17.3. The fourth-order valence-electron chi connectivity index (χ4n) is 4.16. The minimum Gasteiger partial charge on any atom is -0.463 e. The first-order valence-corrected chi connectivity index (χ1v) is 11.8. The fourth-order valence-corrected chi connectivity index (χ4v) is 4.16. The molecule has 3 rings (SSSR count). The lowest BCUT2D eigenvalue weighted by Gasteiger charge is -2.34. The van der Waals surface area contributed by atoms with Crippen LogP contribution in [0.5, 0.6) is 0 Å². The summed E-state index contributed by atoms with van der Waals surface area (Å²) in [4.78, 5) is 25.9. The van der Waals surface area contributed by atoms with Crippen molar-refractivity contribution in [3.05, 3.63) is 60.2 Å². The van der Waals surface area contributed by atoms with Gasteiger partial charge >= 0.3 is 11.9 Å². The largest absolute Gasteiger partial charge is 0.463 e. The Morgan fingerprint density at radius 3 is 1.82 bits per heavy atom. The molecule has 1 N–H and O–H groups in total. The Hall–Kier alpha value is -2.92. The van der Waals surface area contributed by atoms with Crippen LogP contribution in [0, 0.1) is 16.7 Å². The van der Waals surface area contributed by atoms with E-state index in [1.54, 1.807) is 0 Å². The second-order valence-corrected chi connectivity index (χ2v) is 11.3. The predicted molar refractivity (Wildman–Crippen MR) is 136 cm³/mol. The van der Waals surface area contributed by atoms with Gasteiger partial charge in [0.15, 0.2) is 0 Å². The molecule has 3 aromatic carbocycles. The average Bonchev–Trinajstić information content (AvgIpc) is 2.76. The van der Waals surface area contributed by atoms with Crippen LogP contribution in [0.4, 0.5) is 0 Å². The summed E-state index contributed by atoms with van der Waals surface area (Å²) in [5.74, 6) is -1.16. The number of benzene rings is 3. The van der Waals surface area contributed by atoms with Gasteiger partial charge in [0, 0.05) is 0 Å². The normalized spacial score (nSPS) is 14.1. The highest BCUT2D eigenvalue weighted by molar-refractivity contribution is 6.16. The van der Waals surface area contributed by atoms with Crippen molar-refractivity contribution in [1.82, 2.24) is 0 Å². The van der Waals surface area contributed by atoms with E-state index in [-0.39, 0.29) is 35.9 Å². The lowest BCUT2D eigenvalue weighted by Crippen LogP contribution is -2.35. The molecule has 182 valence electrons. The first-order valence-electron chi connectivity index (χ1n) is 11.8. The van der Waals surface area contributed by atoms with E-state index in [9.17, 15) is 14.7 Å². The maximum absolute atomic E-state index is 13.1. The van der Waals surface area contributed by atoms with Crippen molar-refractivity contribution < 1.29 is 24.2 Å². The highest BCUT2D eigenvalue weighted by Gasteiger charge is 2.36. The van der Waals surface area contributed by atoms with E-state index in [0.29, 0.717) is 12.0 Å². The fraction of sp³-hybridized carbons (Fsp3) is 0.448. The molecule has 0 heterocycles. The molecular weight excluding hydrogens is 428 g/mol. The number of aliphatic hydroxyl groups is 1. The van der Waals surface area contributed by atoms with Crippen molar-refractivity contribution in [3.63, 3.8) is 0 Å². The monoisotopic (exact) mass is 464 g/mol. The topological polar surface area (TPSA) is 72.8 Å². The zero-order valence-electron chi connectivity index (χ0n) is 21.1. The number of carbonyl (C=O) groups excluding carboxylic acids is 2. The molecule has 3 aromatic rings. The molecule has 0 saturated heterocycles. The summed E-state index contributed by atoms with van der Waals surface area (Å²) in [5, 5.41) is 13.8. The van der Waals surface area contributed by atoms with Gasteiger partial charge in [0.1, 0.15) is 19.3 Å². The average molecular weight is 465 g/mol. The number of hydrogen-bond acceptors (Lipinski definition) is 5. The van der Waals surface area contributed by atoms with Crippen LogP contribution in [0.3, 0.4) is 0 Å². The Bertz CT molecular complexity index is 1110. The van der Waals surface area contributed by atoms with E-state index in [1.807, 2.05) is 75.4 Å². The Labute approximate surface area is 202 Å². The second-order valence-electron chi connectivity index (χ2n) is 11.3. The molecule has 34 heavy (non-hydrogen) atoms. The van der Waals surface area contributed by atoms with E-state index in [4.69, 9.17) is 9.47 Å². The SMILES string of the molecule is CC(C)(C)CC(C(=O)OCC(O)COC(=O)c1c2ccccc2cc2ccccc12)C(C)(C)C. The maximum atomic E-state index is 13.1. The molecule has 5 nitrogen and oxygen atoms in total. The van der Waals surface area contributed by atoms with Crippen molar-refractivity contribution in [2.75, 3.05) is 13.2 Å². The van der Waals surface area contributed by atoms with Crippen LogP contribution in [0.2, 0.25) is 0 Å². The van der Waals surface area contributed by atoms with Gasteiger partial charge in [-0.05, 0) is 44.9 Å². The third-order valence-electron chi connectivity index (χ3n) is 5.95. The van der Waals surface area contributed by atoms with Gasteiger partial charge in [0.2, 0.25) is 0 Å². The molecule has 2 atom stereocenters. The van der Waals surface area contributed by atoms with E-state index >= 15 is 0 Å². The smallest absolute Gasteiger partial charge is 0.339 e. The summed E-state index contributed by atoms with van der Waals surface area (Å²) in [5.41, 5.74) is 0.166. The molecule has 0 aliphatic heterocycles. The molecule has 0 spiro atoms. The van der Waals surface area contributed by atoms with Gasteiger partial charge in [-0.25, -0.2) is 4.79 Å². The Kier molecular flexibility index (Phi) is 7.67. The minimum atomic E-state index is -1.11. The molecule has 0 aliphatic carbocycles. The summed E-state index contributed by atoms with van der Waals surface area (Å²) < 4.78 is 10.9. The van der Waals surface area contributed by atoms with Crippen LogP contribution in [-0.4, -0.2) is 36.4 Å². The highest BCUT2D eigenvalue weighted by atomic mass is 16.6. The molecule has 0 radical (unpaired) electrons. The van der Waals surface area contributed by atoms with Crippen molar-refractivity contribution in [2.45, 2.75) is 54.1 Å². The van der Waals surface area contributed by atoms with E-state index in [1.165, 1.54) is 0 Å². The number of ether oxygens (including phenoxy) is 2. The van der Waals surface area contributed by atoms with E-state index < -0.39 is 12.1 Å². The molecule has 0 aromatic heterocycles. The van der Waals surface area contributed by atoms with Crippen LogP contribution in [-0.2, 0) is 14.3 Å². The molecule has 5 heteroatoms. The molecular formula is C29H36O5. The number of esters is 2. The van der Waals surface area contributed by atoms with Crippen LogP contribution in [0.25, 0.3) is 21.5 Å². The van der Waals surface area contributed by atoms with Gasteiger partial charge in [0.05, 0.1) is 11.5 Å². The molecule has 0 bridgehead atoms. The van der Waals surface area contributed by atoms with Crippen LogP contribution in [0.1, 0.15) is 58.3 Å². The van der Waals surface area contributed by atoms with Gasteiger partial charge in [0.25, 0.3) is 0 Å². The standard InChI is InChI=1S/C29H36O5/c1-28(2,3)16-24(29(4,5)6)26(31)33-17-21(30)18-34-27(32)25-22-13-9-7-11-19(22)15-20-12-8-10-14-23(20)25/h7-15,21,24,30H,16-18H2,1-6H3. The molecule has 0 aliphatic rings. The van der Waals surface area contributed by atoms with Crippen molar-refractivity contribution >= 4 is 33.5 Å². The Morgan fingerprint density at radius 2 is 1.32 bits per heavy atom. The first-order chi connectivity index (χ1) is 15.9. The van der Waals surface area contributed by atoms with Gasteiger partial charge < -0.3 is 14.6 Å². The van der Waals surface area contributed by atoms with E-state index in [2.05, 4.69) is 20.8 Å². The van der Waals surface area contributed by atoms with Crippen LogP contribution in [0.15, 0.2) is 54.6 Å². The van der Waals surface area contributed by atoms with Crippen molar-refractivity contribution in [2.24, 2.45) is 16.7 Å². The summed E-state index contributed by atoms with van der Waals surface area (Å²) in [6.45, 7) is 11.8. The summed E-state index contributed by atoms with van der Waals surface area (Å²) in [7, 11) is 0. The summed E-state index contributed by atoms with van der Waals surface area (Å²) >= 11 is 0. The zero-order chi connectivity index (χ0) is 25.1. The van der Waals surface area contributed by atoms with Gasteiger partial charge in [-0.3, -0.25) is 4.79 Å². The summed E-state index contributed by atoms with van der Waals surface area (Å²) in [6.07, 6.45) is -0.432. The second kappa shape index (κ2) is 10.1. The lowest BCUT2D eigenvalue weighted by molar-refractivity contribution is -0.157. The molecule has 0 saturated carbocycles. The minimum absolute atomic E-state index is 0.0354.